The van der Waals surface area contributed by atoms with Gasteiger partial charge in [-0.2, -0.15) is 0 Å². The first-order chi connectivity index (χ1) is 12.8. The molecule has 27 heavy (non-hydrogen) atoms. The highest BCUT2D eigenvalue weighted by molar-refractivity contribution is 7.89. The molecule has 10 heteroatoms. The first-order valence-electron chi connectivity index (χ1n) is 8.73. The average molecular weight is 396 g/mol. The zero-order valence-corrected chi connectivity index (χ0v) is 15.8. The normalized spacial score (nSPS) is 14.3. The molecular weight excluding hydrogens is 372 g/mol. The van der Waals surface area contributed by atoms with Gasteiger partial charge in [-0.15, -0.1) is 0 Å². The lowest BCUT2D eigenvalue weighted by Gasteiger charge is -2.15. The highest BCUT2D eigenvalue weighted by Crippen LogP contribution is 2.09. The van der Waals surface area contributed by atoms with Gasteiger partial charge in [0.2, 0.25) is 15.9 Å². The van der Waals surface area contributed by atoms with Gasteiger partial charge in [0.1, 0.15) is 0 Å². The van der Waals surface area contributed by atoms with Crippen LogP contribution in [0.3, 0.4) is 0 Å². The molecule has 148 valence electrons. The molecule has 0 aromatic heterocycles. The molecular formula is C17H24N4O5S. The number of nitrogens with one attached hydrogen (secondary N) is 2. The maximum absolute atomic E-state index is 11.7. The summed E-state index contributed by atoms with van der Waals surface area (Å²) in [6.07, 6.45) is 2.50. The number of sulfonamides is 1. The van der Waals surface area contributed by atoms with Crippen LogP contribution in [0.1, 0.15) is 24.8 Å². The van der Waals surface area contributed by atoms with E-state index in [0.29, 0.717) is 32.4 Å². The Labute approximate surface area is 158 Å². The van der Waals surface area contributed by atoms with Crippen LogP contribution < -0.4 is 15.8 Å². The van der Waals surface area contributed by atoms with Gasteiger partial charge in [-0.1, -0.05) is 12.1 Å². The van der Waals surface area contributed by atoms with Gasteiger partial charge in [0, 0.05) is 32.6 Å². The van der Waals surface area contributed by atoms with Crippen LogP contribution in [0.25, 0.3) is 0 Å². The molecule has 1 heterocycles. The van der Waals surface area contributed by atoms with Crippen LogP contribution in [0.4, 0.5) is 0 Å². The summed E-state index contributed by atoms with van der Waals surface area (Å²) in [5.41, 5.74) is 0.804. The quantitative estimate of drug-likeness (QED) is 0.387. The van der Waals surface area contributed by atoms with Crippen LogP contribution >= 0.6 is 0 Å². The van der Waals surface area contributed by atoms with E-state index in [9.17, 15) is 22.8 Å². The molecule has 4 N–H and O–H groups in total. The van der Waals surface area contributed by atoms with Crippen molar-refractivity contribution in [2.75, 3.05) is 26.2 Å². The first kappa shape index (κ1) is 20.8. The highest BCUT2D eigenvalue weighted by Gasteiger charge is 2.19. The number of carbonyl (C=O) groups excluding carboxylic acids is 3. The Balaban J connectivity index is 1.63. The number of nitrogens with zero attached hydrogens (tertiary/aromatic N) is 1. The molecule has 0 saturated carbocycles. The molecule has 1 aliphatic heterocycles. The molecule has 0 bridgehead atoms. The van der Waals surface area contributed by atoms with E-state index < -0.39 is 21.8 Å². The number of amides is 3. The van der Waals surface area contributed by atoms with E-state index in [1.807, 2.05) is 0 Å². The Hall–Kier alpha value is -2.46. The van der Waals surface area contributed by atoms with Gasteiger partial charge in [-0.05, 0) is 37.0 Å². The molecule has 1 aromatic rings. The molecule has 1 aromatic carbocycles. The molecule has 0 radical (unpaired) electrons. The summed E-state index contributed by atoms with van der Waals surface area (Å²) in [5.74, 6) is -1.31. The third kappa shape index (κ3) is 6.65. The fraction of sp³-hybridized carbons (Fsp3) is 0.471. The summed E-state index contributed by atoms with van der Waals surface area (Å²) in [5, 5.41) is 10.1. The average Bonchev–Trinajstić information content (AvgIpc) is 3.03. The fourth-order valence-electron chi connectivity index (χ4n) is 2.74. The number of rotatable bonds is 8. The lowest BCUT2D eigenvalue weighted by atomic mass is 10.1. The van der Waals surface area contributed by atoms with Crippen molar-refractivity contribution >= 4 is 27.7 Å². The van der Waals surface area contributed by atoms with Crippen molar-refractivity contribution in [1.82, 2.24) is 15.5 Å². The molecule has 0 atom stereocenters. The van der Waals surface area contributed by atoms with E-state index in [4.69, 9.17) is 5.14 Å². The summed E-state index contributed by atoms with van der Waals surface area (Å²) in [7, 11) is -3.73. The van der Waals surface area contributed by atoms with Crippen molar-refractivity contribution in [2.24, 2.45) is 5.14 Å². The van der Waals surface area contributed by atoms with Crippen molar-refractivity contribution < 1.29 is 22.8 Å². The number of hydrogen-bond acceptors (Lipinski definition) is 5. The maximum atomic E-state index is 11.7. The molecule has 0 spiro atoms. The van der Waals surface area contributed by atoms with E-state index >= 15 is 0 Å². The molecule has 1 fully saturated rings. The maximum Gasteiger partial charge on any atom is 0.309 e. The first-order valence-corrected chi connectivity index (χ1v) is 10.3. The largest absolute Gasteiger partial charge is 0.348 e. The van der Waals surface area contributed by atoms with E-state index in [0.717, 1.165) is 18.5 Å². The second-order valence-corrected chi connectivity index (χ2v) is 7.85. The number of primary sulfonamides is 1. The summed E-state index contributed by atoms with van der Waals surface area (Å²) in [6.45, 7) is 1.90. The smallest absolute Gasteiger partial charge is 0.309 e. The van der Waals surface area contributed by atoms with Crippen LogP contribution in [0.15, 0.2) is 29.2 Å². The van der Waals surface area contributed by atoms with Crippen LogP contribution in [-0.4, -0.2) is 57.2 Å². The van der Waals surface area contributed by atoms with Crippen molar-refractivity contribution in [3.05, 3.63) is 29.8 Å². The van der Waals surface area contributed by atoms with Gasteiger partial charge >= 0.3 is 11.8 Å². The summed E-state index contributed by atoms with van der Waals surface area (Å²) < 4.78 is 22.4. The Morgan fingerprint density at radius 1 is 1.07 bits per heavy atom. The Kier molecular flexibility index (Phi) is 7.31. The molecule has 3 amide bonds. The van der Waals surface area contributed by atoms with Crippen molar-refractivity contribution in [2.45, 2.75) is 30.6 Å². The predicted molar refractivity (Wildman–Crippen MR) is 98.0 cm³/mol. The third-order valence-corrected chi connectivity index (χ3v) is 5.15. The van der Waals surface area contributed by atoms with Crippen molar-refractivity contribution in [1.29, 1.82) is 0 Å². The van der Waals surface area contributed by atoms with Crippen LogP contribution in [0, 0.1) is 0 Å². The minimum absolute atomic E-state index is 0.0188. The van der Waals surface area contributed by atoms with E-state index in [1.165, 1.54) is 12.1 Å². The third-order valence-electron chi connectivity index (χ3n) is 4.22. The summed E-state index contributed by atoms with van der Waals surface area (Å²) in [6, 6.07) is 5.99. The van der Waals surface area contributed by atoms with Crippen molar-refractivity contribution in [3.63, 3.8) is 0 Å². The number of benzene rings is 1. The predicted octanol–water partition coefficient (Wildman–Crippen LogP) is -0.879. The number of nitrogens with two attached hydrogens (primary N) is 1. The monoisotopic (exact) mass is 396 g/mol. The number of hydrogen-bond donors (Lipinski definition) is 3. The van der Waals surface area contributed by atoms with Crippen LogP contribution in [0.5, 0.6) is 0 Å². The summed E-state index contributed by atoms with van der Waals surface area (Å²) >= 11 is 0. The van der Waals surface area contributed by atoms with Crippen LogP contribution in [0.2, 0.25) is 0 Å². The van der Waals surface area contributed by atoms with Gasteiger partial charge in [-0.3, -0.25) is 14.4 Å². The Morgan fingerprint density at radius 2 is 1.70 bits per heavy atom. The van der Waals surface area contributed by atoms with Gasteiger partial charge in [0.25, 0.3) is 0 Å². The number of likely N-dealkylation sites (tertiary alicyclic amines) is 1. The molecule has 1 aliphatic rings. The van der Waals surface area contributed by atoms with Gasteiger partial charge < -0.3 is 15.5 Å². The molecule has 0 unspecified atom stereocenters. The topological polar surface area (TPSA) is 139 Å². The zero-order valence-electron chi connectivity index (χ0n) is 14.9. The fourth-order valence-corrected chi connectivity index (χ4v) is 3.25. The second kappa shape index (κ2) is 9.47. The second-order valence-electron chi connectivity index (χ2n) is 6.29. The zero-order chi connectivity index (χ0) is 19.9. The van der Waals surface area contributed by atoms with E-state index in [-0.39, 0.29) is 17.3 Å². The molecule has 9 nitrogen and oxygen atoms in total. The van der Waals surface area contributed by atoms with Gasteiger partial charge in [0.15, 0.2) is 0 Å². The number of carbonyl (C=O) groups is 3. The molecule has 2 rings (SSSR count). The minimum Gasteiger partial charge on any atom is -0.348 e. The molecule has 0 aliphatic carbocycles. The van der Waals surface area contributed by atoms with Crippen LogP contribution in [-0.2, 0) is 30.8 Å². The minimum atomic E-state index is -3.73. The van der Waals surface area contributed by atoms with Crippen molar-refractivity contribution in [3.8, 4) is 0 Å². The summed E-state index contributed by atoms with van der Waals surface area (Å²) in [4.78, 5) is 36.7. The van der Waals surface area contributed by atoms with E-state index in [2.05, 4.69) is 10.6 Å². The standard InChI is InChI=1S/C17H24N4O5S/c18-27(25,26)14-6-4-13(5-7-14)8-10-20-17(24)16(23)19-9-2-12-21-11-1-3-15(21)22/h4-7H,1-3,8-12H2,(H,19,23)(H,20,24)(H2,18,25,26). The Bertz CT molecular complexity index is 792. The molecule has 1 saturated heterocycles. The lowest BCUT2D eigenvalue weighted by molar-refractivity contribution is -0.139. The van der Waals surface area contributed by atoms with Gasteiger partial charge in [-0.25, -0.2) is 13.6 Å². The lowest BCUT2D eigenvalue weighted by Crippen LogP contribution is -2.41. The Morgan fingerprint density at radius 3 is 2.26 bits per heavy atom. The van der Waals surface area contributed by atoms with Gasteiger partial charge in [0.05, 0.1) is 4.90 Å². The van der Waals surface area contributed by atoms with E-state index in [1.54, 1.807) is 17.0 Å². The highest BCUT2D eigenvalue weighted by atomic mass is 32.2. The SMILES string of the molecule is NS(=O)(=O)c1ccc(CCNC(=O)C(=O)NCCCN2CCCC2=O)cc1.